The van der Waals surface area contributed by atoms with E-state index in [0.717, 1.165) is 11.3 Å². The summed E-state index contributed by atoms with van der Waals surface area (Å²) in [5, 5.41) is 9.03. The number of carboxylic acids is 1. The van der Waals surface area contributed by atoms with Crippen molar-refractivity contribution >= 4 is 18.4 Å². The Hall–Kier alpha value is -2.20. The van der Waals surface area contributed by atoms with Gasteiger partial charge in [0, 0.05) is 0 Å². The molecule has 2 aromatic rings. The molecule has 0 aliphatic rings. The van der Waals surface area contributed by atoms with Gasteiger partial charge in [-0.1, -0.05) is 24.3 Å². The van der Waals surface area contributed by atoms with E-state index in [9.17, 15) is 4.79 Å². The second-order valence-corrected chi connectivity index (χ2v) is 3.94. The van der Waals surface area contributed by atoms with E-state index in [2.05, 4.69) is 0 Å². The Morgan fingerprint density at radius 3 is 2.35 bits per heavy atom. The van der Waals surface area contributed by atoms with Gasteiger partial charge in [-0.15, -0.1) is 12.4 Å². The normalized spacial score (nSPS) is 9.45. The summed E-state index contributed by atoms with van der Waals surface area (Å²) in [7, 11) is 1.61. The fourth-order valence-electron chi connectivity index (χ4n) is 1.65. The predicted molar refractivity (Wildman–Crippen MR) is 78.0 cm³/mol. The average Bonchev–Trinajstić information content (AvgIpc) is 2.46. The minimum Gasteiger partial charge on any atom is -0.497 e. The number of benzene rings is 2. The Balaban J connectivity index is 0.00000200. The van der Waals surface area contributed by atoms with Crippen molar-refractivity contribution in [1.29, 1.82) is 0 Å². The maximum absolute atomic E-state index is 11.0. The summed E-state index contributed by atoms with van der Waals surface area (Å²) in [4.78, 5) is 11.0. The maximum Gasteiger partial charge on any atom is 0.339 e. The van der Waals surface area contributed by atoms with Gasteiger partial charge in [-0.05, 0) is 29.8 Å². The fraction of sp³-hybridized carbons (Fsp3) is 0.133. The van der Waals surface area contributed by atoms with Crippen LogP contribution in [0.5, 0.6) is 11.5 Å². The number of methoxy groups -OCH3 is 1. The number of halogens is 1. The molecular formula is C15H15ClO4. The minimum absolute atomic E-state index is 0. The van der Waals surface area contributed by atoms with Crippen molar-refractivity contribution in [2.45, 2.75) is 6.61 Å². The third-order valence-corrected chi connectivity index (χ3v) is 2.67. The van der Waals surface area contributed by atoms with Crippen molar-refractivity contribution in [2.75, 3.05) is 7.11 Å². The van der Waals surface area contributed by atoms with Crippen LogP contribution >= 0.6 is 12.4 Å². The maximum atomic E-state index is 11.0. The molecule has 2 rings (SSSR count). The zero-order valence-electron chi connectivity index (χ0n) is 10.9. The van der Waals surface area contributed by atoms with Gasteiger partial charge in [-0.25, -0.2) is 4.79 Å². The molecule has 0 saturated carbocycles. The zero-order valence-corrected chi connectivity index (χ0v) is 11.7. The Morgan fingerprint density at radius 1 is 1.10 bits per heavy atom. The molecule has 0 aromatic heterocycles. The molecule has 4 nitrogen and oxygen atoms in total. The molecule has 2 aromatic carbocycles. The first-order valence-corrected chi connectivity index (χ1v) is 5.79. The molecule has 0 aliphatic carbocycles. The number of aromatic carboxylic acids is 1. The highest BCUT2D eigenvalue weighted by molar-refractivity contribution is 5.90. The van der Waals surface area contributed by atoms with Crippen LogP contribution in [0.4, 0.5) is 0 Å². The molecule has 5 heteroatoms. The lowest BCUT2D eigenvalue weighted by atomic mass is 10.2. The topological polar surface area (TPSA) is 55.8 Å². The van der Waals surface area contributed by atoms with Gasteiger partial charge in [0.05, 0.1) is 7.11 Å². The number of hydrogen-bond donors (Lipinski definition) is 1. The molecule has 0 saturated heterocycles. The van der Waals surface area contributed by atoms with E-state index in [1.165, 1.54) is 6.07 Å². The fourth-order valence-corrected chi connectivity index (χ4v) is 1.65. The van der Waals surface area contributed by atoms with E-state index in [0.29, 0.717) is 12.4 Å². The highest BCUT2D eigenvalue weighted by Crippen LogP contribution is 2.20. The molecule has 20 heavy (non-hydrogen) atoms. The molecule has 0 aliphatic heterocycles. The summed E-state index contributed by atoms with van der Waals surface area (Å²) in [6.07, 6.45) is 0. The van der Waals surface area contributed by atoms with Crippen molar-refractivity contribution in [3.05, 3.63) is 59.7 Å². The number of hydrogen-bond acceptors (Lipinski definition) is 3. The van der Waals surface area contributed by atoms with Crippen LogP contribution in [0.2, 0.25) is 0 Å². The number of para-hydroxylation sites is 1. The van der Waals surface area contributed by atoms with Gasteiger partial charge in [0.15, 0.2) is 0 Å². The third-order valence-electron chi connectivity index (χ3n) is 2.67. The highest BCUT2D eigenvalue weighted by Gasteiger charge is 2.09. The lowest BCUT2D eigenvalue weighted by molar-refractivity contribution is 0.0692. The van der Waals surface area contributed by atoms with Crippen molar-refractivity contribution in [3.8, 4) is 11.5 Å². The van der Waals surface area contributed by atoms with Crippen LogP contribution < -0.4 is 9.47 Å². The van der Waals surface area contributed by atoms with E-state index in [4.69, 9.17) is 14.6 Å². The van der Waals surface area contributed by atoms with Crippen LogP contribution in [-0.2, 0) is 6.61 Å². The molecule has 0 spiro atoms. The number of carbonyl (C=O) groups is 1. The molecule has 0 bridgehead atoms. The number of carboxylic acid groups (broad SMARTS) is 1. The van der Waals surface area contributed by atoms with E-state index in [1.54, 1.807) is 25.3 Å². The van der Waals surface area contributed by atoms with Crippen molar-refractivity contribution < 1.29 is 19.4 Å². The molecule has 0 unspecified atom stereocenters. The van der Waals surface area contributed by atoms with Gasteiger partial charge in [-0.2, -0.15) is 0 Å². The smallest absolute Gasteiger partial charge is 0.339 e. The monoisotopic (exact) mass is 294 g/mol. The molecule has 0 fully saturated rings. The van der Waals surface area contributed by atoms with Crippen LogP contribution in [0.3, 0.4) is 0 Å². The van der Waals surface area contributed by atoms with Crippen LogP contribution in [0.25, 0.3) is 0 Å². The van der Waals surface area contributed by atoms with Crippen LogP contribution in [0.1, 0.15) is 15.9 Å². The SMILES string of the molecule is COc1ccc(COc2ccccc2C(=O)O)cc1.Cl. The standard InChI is InChI=1S/C15H14O4.ClH/c1-18-12-8-6-11(7-9-12)10-19-14-5-3-2-4-13(14)15(16)17;/h2-9H,10H2,1H3,(H,16,17);1H. The Kier molecular flexibility index (Phi) is 5.87. The zero-order chi connectivity index (χ0) is 13.7. The van der Waals surface area contributed by atoms with Crippen molar-refractivity contribution in [3.63, 3.8) is 0 Å². The van der Waals surface area contributed by atoms with Gasteiger partial charge in [-0.3, -0.25) is 0 Å². The van der Waals surface area contributed by atoms with E-state index in [-0.39, 0.29) is 18.0 Å². The van der Waals surface area contributed by atoms with E-state index >= 15 is 0 Å². The minimum atomic E-state index is -0.995. The summed E-state index contributed by atoms with van der Waals surface area (Å²) in [5.41, 5.74) is 1.11. The second kappa shape index (κ2) is 7.40. The lowest BCUT2D eigenvalue weighted by Crippen LogP contribution is -2.03. The number of ether oxygens (including phenoxy) is 2. The molecule has 0 radical (unpaired) electrons. The van der Waals surface area contributed by atoms with Crippen LogP contribution in [0.15, 0.2) is 48.5 Å². The third kappa shape index (κ3) is 3.90. The van der Waals surface area contributed by atoms with Gasteiger partial charge in [0.1, 0.15) is 23.7 Å². The Morgan fingerprint density at radius 2 is 1.75 bits per heavy atom. The molecule has 0 amide bonds. The first-order valence-electron chi connectivity index (χ1n) is 5.79. The van der Waals surface area contributed by atoms with Gasteiger partial charge < -0.3 is 14.6 Å². The molecule has 0 atom stereocenters. The summed E-state index contributed by atoms with van der Waals surface area (Å²) in [6.45, 7) is 0.314. The summed E-state index contributed by atoms with van der Waals surface area (Å²) < 4.78 is 10.6. The van der Waals surface area contributed by atoms with Crippen molar-refractivity contribution in [1.82, 2.24) is 0 Å². The quantitative estimate of drug-likeness (QED) is 0.918. The summed E-state index contributed by atoms with van der Waals surface area (Å²) in [6, 6.07) is 14.0. The highest BCUT2D eigenvalue weighted by atomic mass is 35.5. The van der Waals surface area contributed by atoms with Crippen LogP contribution in [0, 0.1) is 0 Å². The average molecular weight is 295 g/mol. The first kappa shape index (κ1) is 15.9. The van der Waals surface area contributed by atoms with Gasteiger partial charge >= 0.3 is 5.97 Å². The first-order chi connectivity index (χ1) is 9.20. The molecule has 1 N–H and O–H groups in total. The molecule has 0 heterocycles. The molecule has 106 valence electrons. The summed E-state index contributed by atoms with van der Waals surface area (Å²) >= 11 is 0. The summed E-state index contributed by atoms with van der Waals surface area (Å²) in [5.74, 6) is 0.144. The van der Waals surface area contributed by atoms with E-state index in [1.807, 2.05) is 24.3 Å². The molecular weight excluding hydrogens is 280 g/mol. The van der Waals surface area contributed by atoms with Gasteiger partial charge in [0.25, 0.3) is 0 Å². The number of rotatable bonds is 5. The lowest BCUT2D eigenvalue weighted by Gasteiger charge is -2.09. The van der Waals surface area contributed by atoms with Gasteiger partial charge in [0.2, 0.25) is 0 Å². The Bertz CT molecular complexity index is 566. The van der Waals surface area contributed by atoms with Crippen molar-refractivity contribution in [2.24, 2.45) is 0 Å². The second-order valence-electron chi connectivity index (χ2n) is 3.94. The van der Waals surface area contributed by atoms with Crippen LogP contribution in [-0.4, -0.2) is 18.2 Å². The predicted octanol–water partition coefficient (Wildman–Crippen LogP) is 3.39. The Labute approximate surface area is 123 Å². The largest absolute Gasteiger partial charge is 0.497 e. The van der Waals surface area contributed by atoms with E-state index < -0.39 is 5.97 Å².